The van der Waals surface area contributed by atoms with Crippen LogP contribution in [0.4, 0.5) is 0 Å². The first kappa shape index (κ1) is 43.9. The van der Waals surface area contributed by atoms with Gasteiger partial charge >= 0.3 is 0 Å². The van der Waals surface area contributed by atoms with E-state index in [9.17, 15) is 40.5 Å². The number of rotatable bonds is 12. The number of carbonyl (C=O) groups is 1. The van der Waals surface area contributed by atoms with Gasteiger partial charge in [-0.25, -0.2) is 0 Å². The SMILES string of the molecule is NCOc1cc(CCC(=O)C2CC(Cc3ccc(O)cc3O)C3CC4CC(C56CCCC5c5cc[n-]c5-c5ccccc56)C(c5cc(O)c(O)c(OCc6cccc(O)c6)c54)C3C2O)ccc1O. The second kappa shape index (κ2) is 17.2. The molecule has 0 saturated heterocycles. The summed E-state index contributed by atoms with van der Waals surface area (Å²) in [5, 5.41) is 79.3. The number of aliphatic hydroxyl groups is 1. The zero-order chi connectivity index (χ0) is 47.0. The number of aliphatic hydroxyl groups excluding tert-OH is 1. The lowest BCUT2D eigenvalue weighted by Crippen LogP contribution is -2.52. The third kappa shape index (κ3) is 7.14. The van der Waals surface area contributed by atoms with Crippen molar-refractivity contribution >= 4 is 5.78 Å². The molecule has 352 valence electrons. The second-order valence-corrected chi connectivity index (χ2v) is 20.0. The number of carbonyl (C=O) groups excluding carboxylic acids is 1. The zero-order valence-electron chi connectivity index (χ0n) is 37.7. The number of ketones is 1. The van der Waals surface area contributed by atoms with E-state index in [4.69, 9.17) is 20.2 Å². The molecule has 0 aliphatic heterocycles. The van der Waals surface area contributed by atoms with Crippen molar-refractivity contribution in [3.05, 3.63) is 142 Å². The van der Waals surface area contributed by atoms with E-state index in [1.165, 1.54) is 23.3 Å². The van der Waals surface area contributed by atoms with Crippen molar-refractivity contribution in [2.24, 2.45) is 35.3 Å². The molecule has 12 rings (SSSR count). The molecule has 12 heteroatoms. The van der Waals surface area contributed by atoms with E-state index >= 15 is 0 Å². The van der Waals surface area contributed by atoms with Gasteiger partial charge in [0.05, 0.1) is 6.10 Å². The highest BCUT2D eigenvalue weighted by molar-refractivity contribution is 5.82. The van der Waals surface area contributed by atoms with E-state index < -0.39 is 29.3 Å². The number of hydrogen-bond acceptors (Lipinski definition) is 11. The van der Waals surface area contributed by atoms with Gasteiger partial charge in [0.15, 0.2) is 23.0 Å². The molecule has 10 unspecified atom stereocenters. The Morgan fingerprint density at radius 1 is 0.794 bits per heavy atom. The summed E-state index contributed by atoms with van der Waals surface area (Å²) in [6.07, 6.45) is 6.14. The van der Waals surface area contributed by atoms with Gasteiger partial charge in [0.25, 0.3) is 0 Å². The van der Waals surface area contributed by atoms with Crippen molar-refractivity contribution in [3.8, 4) is 57.3 Å². The Morgan fingerprint density at radius 2 is 1.63 bits per heavy atom. The lowest BCUT2D eigenvalue weighted by atomic mass is 9.49. The molecular formula is C56H57N2O10-. The van der Waals surface area contributed by atoms with Crippen molar-refractivity contribution in [2.45, 2.75) is 93.7 Å². The normalized spacial score (nSPS) is 27.5. The minimum atomic E-state index is -1.09. The Labute approximate surface area is 394 Å². The summed E-state index contributed by atoms with van der Waals surface area (Å²) in [6, 6.07) is 28.8. The minimum absolute atomic E-state index is 0.0144. The lowest BCUT2D eigenvalue weighted by molar-refractivity contribution is -0.136. The van der Waals surface area contributed by atoms with E-state index in [0.29, 0.717) is 43.2 Å². The molecule has 5 aromatic carbocycles. The second-order valence-electron chi connectivity index (χ2n) is 20.0. The molecule has 0 radical (unpaired) electrons. The molecule has 10 atom stereocenters. The average molecular weight is 918 g/mol. The topological polar surface area (TPSA) is 217 Å². The maximum absolute atomic E-state index is 15.0. The van der Waals surface area contributed by atoms with Gasteiger partial charge < -0.3 is 50.2 Å². The van der Waals surface area contributed by atoms with Crippen LogP contribution in [-0.4, -0.2) is 54.4 Å². The van der Waals surface area contributed by atoms with Crippen molar-refractivity contribution in [3.63, 3.8) is 0 Å². The fourth-order valence-electron chi connectivity index (χ4n) is 14.3. The number of fused-ring (bicyclic) bond motifs is 8. The molecule has 68 heavy (non-hydrogen) atoms. The molecule has 0 spiro atoms. The summed E-state index contributed by atoms with van der Waals surface area (Å²) < 4.78 is 12.0. The smallest absolute Gasteiger partial charge is 0.200 e. The molecule has 6 aromatic rings. The van der Waals surface area contributed by atoms with Crippen molar-refractivity contribution < 1.29 is 50.0 Å². The monoisotopic (exact) mass is 917 g/mol. The predicted molar refractivity (Wildman–Crippen MR) is 253 cm³/mol. The largest absolute Gasteiger partial charge is 0.663 e. The summed E-state index contributed by atoms with van der Waals surface area (Å²) >= 11 is 0. The maximum Gasteiger partial charge on any atom is 0.200 e. The highest BCUT2D eigenvalue weighted by Gasteiger charge is 2.63. The number of nitrogens with zero attached hydrogens (tertiary/aromatic N) is 1. The Balaban J connectivity index is 1.07. The quantitative estimate of drug-likeness (QED) is 0.0427. The van der Waals surface area contributed by atoms with Crippen LogP contribution in [0.5, 0.6) is 46.0 Å². The van der Waals surface area contributed by atoms with Crippen molar-refractivity contribution in [1.82, 2.24) is 4.98 Å². The van der Waals surface area contributed by atoms with E-state index in [0.717, 1.165) is 47.2 Å². The number of aromatic nitrogens is 1. The fourth-order valence-corrected chi connectivity index (χ4v) is 14.3. The number of benzene rings is 5. The summed E-state index contributed by atoms with van der Waals surface area (Å²) in [4.78, 5) is 19.9. The van der Waals surface area contributed by atoms with Crippen LogP contribution >= 0.6 is 0 Å². The number of nitrogens with two attached hydrogens (primary N) is 1. The van der Waals surface area contributed by atoms with Crippen molar-refractivity contribution in [1.29, 1.82) is 0 Å². The van der Waals surface area contributed by atoms with Crippen LogP contribution in [0.2, 0.25) is 0 Å². The number of ether oxygens (including phenoxy) is 2. The molecular weight excluding hydrogens is 861 g/mol. The number of phenols is 6. The molecule has 1 heterocycles. The van der Waals surface area contributed by atoms with Gasteiger partial charge in [-0.15, -0.1) is 5.69 Å². The Kier molecular flexibility index (Phi) is 11.1. The molecule has 3 fully saturated rings. The number of phenolic OH excluding ortho intramolecular Hbond substituents is 6. The number of aryl methyl sites for hydroxylation is 1. The van der Waals surface area contributed by atoms with Crippen LogP contribution in [0.3, 0.4) is 0 Å². The highest BCUT2D eigenvalue weighted by atomic mass is 16.5. The third-order valence-corrected chi connectivity index (χ3v) is 16.8. The van der Waals surface area contributed by atoms with E-state index in [2.05, 4.69) is 30.3 Å². The fraction of sp³-hybridized carbons (Fsp3) is 0.375. The number of Topliss-reactive ketones (excluding diaryl/α,β-unsaturated/α-hetero) is 1. The molecule has 2 bridgehead atoms. The Morgan fingerprint density at radius 3 is 2.46 bits per heavy atom. The van der Waals surface area contributed by atoms with Crippen LogP contribution in [-0.2, 0) is 29.7 Å². The van der Waals surface area contributed by atoms with Crippen LogP contribution in [0.15, 0.2) is 103 Å². The van der Waals surface area contributed by atoms with E-state index in [-0.39, 0.29) is 101 Å². The summed E-state index contributed by atoms with van der Waals surface area (Å²) in [6.45, 7) is -0.113. The molecule has 3 saturated carbocycles. The van der Waals surface area contributed by atoms with Crippen molar-refractivity contribution in [2.75, 3.05) is 6.73 Å². The van der Waals surface area contributed by atoms with Crippen LogP contribution < -0.4 is 20.2 Å². The first-order chi connectivity index (χ1) is 32.9. The molecule has 12 nitrogen and oxygen atoms in total. The first-order valence-electron chi connectivity index (χ1n) is 24.0. The van der Waals surface area contributed by atoms with Crippen LogP contribution in [0.25, 0.3) is 11.3 Å². The molecule has 6 aliphatic carbocycles. The summed E-state index contributed by atoms with van der Waals surface area (Å²) in [5.74, 6) is -2.71. The predicted octanol–water partition coefficient (Wildman–Crippen LogP) is 8.90. The van der Waals surface area contributed by atoms with Gasteiger partial charge in [0.1, 0.15) is 36.4 Å². The molecule has 0 amide bonds. The highest BCUT2D eigenvalue weighted by Crippen LogP contribution is 2.72. The molecule has 1 aromatic heterocycles. The molecule has 9 N–H and O–H groups in total. The number of hydrogen-bond donors (Lipinski definition) is 8. The lowest BCUT2D eigenvalue weighted by Gasteiger charge is -2.55. The Bertz CT molecular complexity index is 2910. The number of aromatic hydroxyl groups is 6. The summed E-state index contributed by atoms with van der Waals surface area (Å²) in [5.41, 5.74) is 13.5. The standard InChI is InChI=1S/C56H57N2O10/c57-28-68-48-20-29(11-15-45(48)62)10-14-44(61)39-22-32(21-31-12-13-35(60)25-46(31)63)38-23-33-24-43(56-17-4-9-42(56)37-16-18-58-52(37)36-7-1-2-8-41(36)56)50(51(38)53(39)65)40-26-47(64)54(66)55(49(33)40)67-27-30-5-3-6-34(59)19-30/h1-3,5-8,11-13,15-16,18-20,25-26,32-33,38-39,42-43,50-51,53,59-60,62-66H,4,9-10,14,17,21-24,27-28,57H2/q-1. The van der Waals surface area contributed by atoms with Gasteiger partial charge in [-0.2, -0.15) is 6.20 Å². The first-order valence-corrected chi connectivity index (χ1v) is 24.0. The zero-order valence-corrected chi connectivity index (χ0v) is 37.7. The van der Waals surface area contributed by atoms with Gasteiger partial charge in [-0.05, 0) is 156 Å². The minimum Gasteiger partial charge on any atom is -0.663 e. The van der Waals surface area contributed by atoms with E-state index in [1.807, 2.05) is 12.3 Å². The van der Waals surface area contributed by atoms with Gasteiger partial charge in [-0.3, -0.25) is 10.5 Å². The van der Waals surface area contributed by atoms with Gasteiger partial charge in [-0.1, -0.05) is 66.6 Å². The van der Waals surface area contributed by atoms with Gasteiger partial charge in [0, 0.05) is 29.4 Å². The van der Waals surface area contributed by atoms with Crippen LogP contribution in [0, 0.1) is 29.6 Å². The average Bonchev–Trinajstić information content (AvgIpc) is 3.94. The third-order valence-electron chi connectivity index (χ3n) is 16.8. The van der Waals surface area contributed by atoms with Gasteiger partial charge in [0.2, 0.25) is 5.75 Å². The van der Waals surface area contributed by atoms with Crippen LogP contribution in [0.1, 0.15) is 102 Å². The molecule has 6 aliphatic rings. The maximum atomic E-state index is 15.0. The Hall–Kier alpha value is -6.63. The van der Waals surface area contributed by atoms with E-state index in [1.54, 1.807) is 48.5 Å². The summed E-state index contributed by atoms with van der Waals surface area (Å²) in [7, 11) is 0.